The molecule has 1 aromatic carbocycles. The third-order valence-corrected chi connectivity index (χ3v) is 3.34. The number of rotatable bonds is 3. The minimum absolute atomic E-state index is 0.0132. The number of hydrogen-bond acceptors (Lipinski definition) is 2. The third-order valence-electron chi connectivity index (χ3n) is 3.34. The molecule has 0 bridgehead atoms. The first kappa shape index (κ1) is 12.9. The number of amides is 2. The van der Waals surface area contributed by atoms with E-state index in [0.717, 1.165) is 37.3 Å². The minimum Gasteiger partial charge on any atom is -0.324 e. The van der Waals surface area contributed by atoms with Crippen LogP contribution in [0.15, 0.2) is 24.3 Å². The van der Waals surface area contributed by atoms with Crippen molar-refractivity contribution in [1.82, 2.24) is 10.2 Å². The summed E-state index contributed by atoms with van der Waals surface area (Å²) in [7, 11) is 1.95. The first-order chi connectivity index (χ1) is 8.69. The van der Waals surface area contributed by atoms with Crippen LogP contribution in [0.3, 0.4) is 0 Å². The summed E-state index contributed by atoms with van der Waals surface area (Å²) in [5.74, 6) is 0.582. The Balaban J connectivity index is 1.89. The molecule has 2 N–H and O–H groups in total. The molecule has 18 heavy (non-hydrogen) atoms. The number of hydrogen-bond donors (Lipinski definition) is 2. The van der Waals surface area contributed by atoms with Crippen molar-refractivity contribution in [2.45, 2.75) is 13.3 Å². The van der Waals surface area contributed by atoms with E-state index in [1.165, 1.54) is 0 Å². The van der Waals surface area contributed by atoms with Crippen molar-refractivity contribution in [3.05, 3.63) is 29.8 Å². The molecule has 0 aromatic heterocycles. The SMILES string of the molecule is CNCC1CCN(C(=O)Nc2cccc(C)c2)C1. The van der Waals surface area contributed by atoms with E-state index < -0.39 is 0 Å². The molecule has 4 nitrogen and oxygen atoms in total. The summed E-state index contributed by atoms with van der Waals surface area (Å²) in [5, 5.41) is 6.12. The Morgan fingerprint density at radius 1 is 1.50 bits per heavy atom. The lowest BCUT2D eigenvalue weighted by Gasteiger charge is -2.17. The van der Waals surface area contributed by atoms with Gasteiger partial charge in [-0.25, -0.2) is 4.79 Å². The Bertz CT molecular complexity index is 419. The maximum absolute atomic E-state index is 12.1. The zero-order valence-electron chi connectivity index (χ0n) is 11.1. The van der Waals surface area contributed by atoms with Gasteiger partial charge in [0.2, 0.25) is 0 Å². The van der Waals surface area contributed by atoms with E-state index in [-0.39, 0.29) is 6.03 Å². The summed E-state index contributed by atoms with van der Waals surface area (Å²) >= 11 is 0. The largest absolute Gasteiger partial charge is 0.324 e. The van der Waals surface area contributed by atoms with Crippen LogP contribution in [-0.2, 0) is 0 Å². The van der Waals surface area contributed by atoms with E-state index in [2.05, 4.69) is 10.6 Å². The minimum atomic E-state index is 0.0132. The molecule has 0 radical (unpaired) electrons. The van der Waals surface area contributed by atoms with E-state index in [1.807, 2.05) is 43.1 Å². The van der Waals surface area contributed by atoms with Crippen LogP contribution in [0.1, 0.15) is 12.0 Å². The summed E-state index contributed by atoms with van der Waals surface area (Å²) in [5.41, 5.74) is 2.03. The van der Waals surface area contributed by atoms with Crippen molar-refractivity contribution in [3.63, 3.8) is 0 Å². The van der Waals surface area contributed by atoms with Crippen molar-refractivity contribution >= 4 is 11.7 Å². The number of benzene rings is 1. The predicted molar refractivity (Wildman–Crippen MR) is 73.8 cm³/mol. The smallest absolute Gasteiger partial charge is 0.321 e. The molecular formula is C14H21N3O. The van der Waals surface area contributed by atoms with Gasteiger partial charge in [0.25, 0.3) is 0 Å². The van der Waals surface area contributed by atoms with Gasteiger partial charge >= 0.3 is 6.03 Å². The number of urea groups is 1. The van der Waals surface area contributed by atoms with Gasteiger partial charge in [-0.2, -0.15) is 0 Å². The Morgan fingerprint density at radius 3 is 3.06 bits per heavy atom. The van der Waals surface area contributed by atoms with Crippen LogP contribution < -0.4 is 10.6 Å². The van der Waals surface area contributed by atoms with Gasteiger partial charge in [0.05, 0.1) is 0 Å². The van der Waals surface area contributed by atoms with Crippen LogP contribution in [0.5, 0.6) is 0 Å². The molecule has 1 fully saturated rings. The molecule has 4 heteroatoms. The predicted octanol–water partition coefficient (Wildman–Crippen LogP) is 2.07. The summed E-state index contributed by atoms with van der Waals surface area (Å²) in [6.07, 6.45) is 1.09. The van der Waals surface area contributed by atoms with Crippen LogP contribution in [0, 0.1) is 12.8 Å². The Labute approximate surface area is 108 Å². The van der Waals surface area contributed by atoms with E-state index in [9.17, 15) is 4.79 Å². The summed E-state index contributed by atoms with van der Waals surface area (Å²) < 4.78 is 0. The van der Waals surface area contributed by atoms with Crippen molar-refractivity contribution in [2.75, 3.05) is 32.0 Å². The van der Waals surface area contributed by atoms with Gasteiger partial charge in [-0.15, -0.1) is 0 Å². The van der Waals surface area contributed by atoms with Crippen molar-refractivity contribution < 1.29 is 4.79 Å². The fraction of sp³-hybridized carbons (Fsp3) is 0.500. The van der Waals surface area contributed by atoms with Crippen LogP contribution in [0.2, 0.25) is 0 Å². The lowest BCUT2D eigenvalue weighted by atomic mass is 10.1. The van der Waals surface area contributed by atoms with Crippen LogP contribution in [-0.4, -0.2) is 37.6 Å². The lowest BCUT2D eigenvalue weighted by Crippen LogP contribution is -2.34. The zero-order valence-corrected chi connectivity index (χ0v) is 11.1. The van der Waals surface area contributed by atoms with Gasteiger partial charge in [-0.1, -0.05) is 12.1 Å². The maximum atomic E-state index is 12.1. The van der Waals surface area contributed by atoms with Gasteiger partial charge in [0, 0.05) is 18.8 Å². The first-order valence-corrected chi connectivity index (χ1v) is 6.46. The molecule has 2 amide bonds. The van der Waals surface area contributed by atoms with Gasteiger partial charge in [0.1, 0.15) is 0 Å². The van der Waals surface area contributed by atoms with Crippen molar-refractivity contribution in [1.29, 1.82) is 0 Å². The highest BCUT2D eigenvalue weighted by molar-refractivity contribution is 5.89. The number of aryl methyl sites for hydroxylation is 1. The standard InChI is InChI=1S/C14H21N3O/c1-11-4-3-5-13(8-11)16-14(18)17-7-6-12(10-17)9-15-2/h3-5,8,12,15H,6-7,9-10H2,1-2H3,(H,16,18). The number of nitrogens with one attached hydrogen (secondary N) is 2. The molecule has 1 aliphatic heterocycles. The molecule has 0 spiro atoms. The molecule has 98 valence electrons. The molecule has 0 saturated carbocycles. The van der Waals surface area contributed by atoms with Crippen LogP contribution >= 0.6 is 0 Å². The van der Waals surface area contributed by atoms with Crippen LogP contribution in [0.4, 0.5) is 10.5 Å². The highest BCUT2D eigenvalue weighted by atomic mass is 16.2. The Morgan fingerprint density at radius 2 is 2.33 bits per heavy atom. The molecule has 1 aliphatic rings. The quantitative estimate of drug-likeness (QED) is 0.859. The first-order valence-electron chi connectivity index (χ1n) is 6.46. The number of likely N-dealkylation sites (tertiary alicyclic amines) is 1. The van der Waals surface area contributed by atoms with Crippen molar-refractivity contribution in [3.8, 4) is 0 Å². The fourth-order valence-electron chi connectivity index (χ4n) is 2.40. The van der Waals surface area contributed by atoms with Crippen molar-refractivity contribution in [2.24, 2.45) is 5.92 Å². The second kappa shape index (κ2) is 5.87. The molecule has 2 rings (SSSR count). The molecule has 1 atom stereocenters. The Kier molecular flexibility index (Phi) is 4.20. The second-order valence-corrected chi connectivity index (χ2v) is 4.96. The monoisotopic (exact) mass is 247 g/mol. The summed E-state index contributed by atoms with van der Waals surface area (Å²) in [6, 6.07) is 7.90. The van der Waals surface area contributed by atoms with E-state index in [1.54, 1.807) is 0 Å². The fourth-order valence-corrected chi connectivity index (χ4v) is 2.40. The number of carbonyl (C=O) groups is 1. The molecule has 1 heterocycles. The van der Waals surface area contributed by atoms with Gasteiger partial charge < -0.3 is 15.5 Å². The highest BCUT2D eigenvalue weighted by Gasteiger charge is 2.25. The summed E-state index contributed by atoms with van der Waals surface area (Å²) in [6.45, 7) is 4.70. The Hall–Kier alpha value is -1.55. The van der Waals surface area contributed by atoms with Gasteiger partial charge in [0.15, 0.2) is 0 Å². The maximum Gasteiger partial charge on any atom is 0.321 e. The summed E-state index contributed by atoms with van der Waals surface area (Å²) in [4.78, 5) is 14.0. The van der Waals surface area contributed by atoms with Crippen LogP contribution in [0.25, 0.3) is 0 Å². The topological polar surface area (TPSA) is 44.4 Å². The number of anilines is 1. The zero-order chi connectivity index (χ0) is 13.0. The van der Waals surface area contributed by atoms with E-state index in [4.69, 9.17) is 0 Å². The number of nitrogens with zero attached hydrogens (tertiary/aromatic N) is 1. The second-order valence-electron chi connectivity index (χ2n) is 4.96. The lowest BCUT2D eigenvalue weighted by molar-refractivity contribution is 0.221. The molecular weight excluding hydrogens is 226 g/mol. The van der Waals surface area contributed by atoms with E-state index >= 15 is 0 Å². The highest BCUT2D eigenvalue weighted by Crippen LogP contribution is 2.17. The average molecular weight is 247 g/mol. The molecule has 1 unspecified atom stereocenters. The molecule has 1 aromatic rings. The van der Waals surface area contributed by atoms with E-state index in [0.29, 0.717) is 5.92 Å². The molecule has 1 saturated heterocycles. The average Bonchev–Trinajstić information content (AvgIpc) is 2.78. The van der Waals surface area contributed by atoms with Gasteiger partial charge in [-0.05, 0) is 50.6 Å². The molecule has 0 aliphatic carbocycles. The third kappa shape index (κ3) is 3.23. The van der Waals surface area contributed by atoms with Gasteiger partial charge in [-0.3, -0.25) is 0 Å². The number of carbonyl (C=O) groups excluding carboxylic acids is 1. The normalized spacial score (nSPS) is 19.0.